The maximum absolute atomic E-state index is 4.50. The minimum absolute atomic E-state index is 0.907. The zero-order valence-corrected chi connectivity index (χ0v) is 10.0. The normalized spacial score (nSPS) is 10.9. The Morgan fingerprint density at radius 1 is 1.19 bits per heavy atom. The van der Waals surface area contributed by atoms with E-state index in [-0.39, 0.29) is 0 Å². The molecule has 16 heavy (non-hydrogen) atoms. The molecule has 0 saturated carbocycles. The maximum atomic E-state index is 4.50. The fourth-order valence-corrected chi connectivity index (χ4v) is 1.98. The molecule has 0 aromatic carbocycles. The maximum Gasteiger partial charge on any atom is 0.119 e. The molecule has 2 aromatic heterocycles. The van der Waals surface area contributed by atoms with Crippen LogP contribution in [0.3, 0.4) is 0 Å². The standard InChI is InChI=1S/C11H17N5/c1-4-16-10(3)11(9(2)14-16)5-6-15-7-12-13-8-15/h7-8H,4-6H2,1-3H3. The molecule has 0 aliphatic rings. The predicted octanol–water partition coefficient (Wildman–Crippen LogP) is 1.35. The van der Waals surface area contributed by atoms with Crippen LogP contribution < -0.4 is 0 Å². The molecular weight excluding hydrogens is 202 g/mol. The average Bonchev–Trinajstić information content (AvgIpc) is 2.86. The van der Waals surface area contributed by atoms with Gasteiger partial charge in [-0.25, -0.2) is 0 Å². The van der Waals surface area contributed by atoms with Crippen LogP contribution in [-0.4, -0.2) is 24.5 Å². The van der Waals surface area contributed by atoms with E-state index in [9.17, 15) is 0 Å². The Morgan fingerprint density at radius 2 is 1.88 bits per heavy atom. The van der Waals surface area contributed by atoms with Gasteiger partial charge >= 0.3 is 0 Å². The molecule has 5 nitrogen and oxygen atoms in total. The first-order valence-electron chi connectivity index (χ1n) is 5.57. The molecule has 2 rings (SSSR count). The molecule has 0 fully saturated rings. The van der Waals surface area contributed by atoms with E-state index in [4.69, 9.17) is 0 Å². The van der Waals surface area contributed by atoms with Crippen molar-refractivity contribution in [3.63, 3.8) is 0 Å². The molecule has 0 spiro atoms. The summed E-state index contributed by atoms with van der Waals surface area (Å²) in [6.45, 7) is 8.15. The van der Waals surface area contributed by atoms with Gasteiger partial charge < -0.3 is 4.57 Å². The summed E-state index contributed by atoms with van der Waals surface area (Å²) >= 11 is 0. The van der Waals surface area contributed by atoms with Crippen LogP contribution in [0.2, 0.25) is 0 Å². The Hall–Kier alpha value is -1.65. The van der Waals surface area contributed by atoms with Gasteiger partial charge in [0.2, 0.25) is 0 Å². The van der Waals surface area contributed by atoms with Gasteiger partial charge in [0, 0.05) is 18.8 Å². The number of rotatable bonds is 4. The fourth-order valence-electron chi connectivity index (χ4n) is 1.98. The second kappa shape index (κ2) is 4.47. The second-order valence-electron chi connectivity index (χ2n) is 3.91. The molecule has 0 aliphatic heterocycles. The van der Waals surface area contributed by atoms with Crippen molar-refractivity contribution in [3.8, 4) is 0 Å². The molecule has 86 valence electrons. The topological polar surface area (TPSA) is 48.5 Å². The third-order valence-corrected chi connectivity index (χ3v) is 2.92. The first kappa shape index (κ1) is 10.9. The highest BCUT2D eigenvalue weighted by Gasteiger charge is 2.09. The third-order valence-electron chi connectivity index (χ3n) is 2.92. The molecule has 0 N–H and O–H groups in total. The lowest BCUT2D eigenvalue weighted by Crippen LogP contribution is -2.02. The zero-order chi connectivity index (χ0) is 11.5. The van der Waals surface area contributed by atoms with Crippen LogP contribution in [-0.2, 0) is 19.5 Å². The molecule has 0 saturated heterocycles. The lowest BCUT2D eigenvalue weighted by atomic mass is 10.1. The molecule has 0 radical (unpaired) electrons. The van der Waals surface area contributed by atoms with E-state index in [1.807, 2.05) is 4.57 Å². The van der Waals surface area contributed by atoms with Crippen LogP contribution >= 0.6 is 0 Å². The van der Waals surface area contributed by atoms with Crippen molar-refractivity contribution in [1.29, 1.82) is 0 Å². The number of aromatic nitrogens is 5. The van der Waals surface area contributed by atoms with Gasteiger partial charge in [0.15, 0.2) is 0 Å². The molecule has 0 aliphatic carbocycles. The number of nitrogens with zero attached hydrogens (tertiary/aromatic N) is 5. The summed E-state index contributed by atoms with van der Waals surface area (Å²) in [6, 6.07) is 0. The van der Waals surface area contributed by atoms with Crippen LogP contribution in [0.4, 0.5) is 0 Å². The Labute approximate surface area is 95.1 Å². The van der Waals surface area contributed by atoms with Crippen molar-refractivity contribution >= 4 is 0 Å². The molecule has 0 atom stereocenters. The van der Waals surface area contributed by atoms with E-state index in [1.165, 1.54) is 11.3 Å². The number of aryl methyl sites for hydroxylation is 3. The third kappa shape index (κ3) is 1.98. The van der Waals surface area contributed by atoms with Crippen LogP contribution in [0.15, 0.2) is 12.7 Å². The molecule has 0 bridgehead atoms. The highest BCUT2D eigenvalue weighted by molar-refractivity contribution is 5.24. The van der Waals surface area contributed by atoms with Gasteiger partial charge in [0.1, 0.15) is 12.7 Å². The fraction of sp³-hybridized carbons (Fsp3) is 0.545. The summed E-state index contributed by atoms with van der Waals surface area (Å²) in [6.07, 6.45) is 4.47. The largest absolute Gasteiger partial charge is 0.320 e. The van der Waals surface area contributed by atoms with Gasteiger partial charge in [0.25, 0.3) is 0 Å². The van der Waals surface area contributed by atoms with Crippen molar-refractivity contribution in [3.05, 3.63) is 29.6 Å². The summed E-state index contributed by atoms with van der Waals surface area (Å²) in [5, 5.41) is 12.1. The van der Waals surface area contributed by atoms with Crippen LogP contribution in [0, 0.1) is 13.8 Å². The van der Waals surface area contributed by atoms with Crippen molar-refractivity contribution in [1.82, 2.24) is 24.5 Å². The minimum Gasteiger partial charge on any atom is -0.320 e. The van der Waals surface area contributed by atoms with Crippen LogP contribution in [0.25, 0.3) is 0 Å². The highest BCUT2D eigenvalue weighted by Crippen LogP contribution is 2.14. The first-order chi connectivity index (χ1) is 7.72. The molecule has 2 heterocycles. The molecule has 5 heteroatoms. The first-order valence-corrected chi connectivity index (χ1v) is 5.57. The Bertz CT molecular complexity index is 455. The number of hydrogen-bond donors (Lipinski definition) is 0. The van der Waals surface area contributed by atoms with Crippen molar-refractivity contribution in [2.24, 2.45) is 0 Å². The average molecular weight is 219 g/mol. The van der Waals surface area contributed by atoms with E-state index < -0.39 is 0 Å². The molecule has 0 unspecified atom stereocenters. The molecule has 0 amide bonds. The van der Waals surface area contributed by atoms with E-state index in [1.54, 1.807) is 12.7 Å². The monoisotopic (exact) mass is 219 g/mol. The Balaban J connectivity index is 2.12. The lowest BCUT2D eigenvalue weighted by molar-refractivity contribution is 0.631. The van der Waals surface area contributed by atoms with Crippen LogP contribution in [0.1, 0.15) is 23.9 Å². The lowest BCUT2D eigenvalue weighted by Gasteiger charge is -2.03. The molecule has 2 aromatic rings. The highest BCUT2D eigenvalue weighted by atomic mass is 15.3. The van der Waals surface area contributed by atoms with Crippen molar-refractivity contribution < 1.29 is 0 Å². The van der Waals surface area contributed by atoms with E-state index in [0.29, 0.717) is 0 Å². The van der Waals surface area contributed by atoms with E-state index in [2.05, 4.69) is 40.7 Å². The van der Waals surface area contributed by atoms with Crippen LogP contribution in [0.5, 0.6) is 0 Å². The van der Waals surface area contributed by atoms with Gasteiger partial charge in [-0.05, 0) is 32.8 Å². The summed E-state index contributed by atoms with van der Waals surface area (Å²) < 4.78 is 4.04. The SMILES string of the molecule is CCn1nc(C)c(CCn2cnnc2)c1C. The van der Waals surface area contributed by atoms with E-state index >= 15 is 0 Å². The summed E-state index contributed by atoms with van der Waals surface area (Å²) in [5.41, 5.74) is 3.75. The summed E-state index contributed by atoms with van der Waals surface area (Å²) in [7, 11) is 0. The van der Waals surface area contributed by atoms with Gasteiger partial charge in [-0.15, -0.1) is 10.2 Å². The zero-order valence-electron chi connectivity index (χ0n) is 10.0. The van der Waals surface area contributed by atoms with Gasteiger partial charge in [-0.1, -0.05) is 0 Å². The Kier molecular flexibility index (Phi) is 3.03. The van der Waals surface area contributed by atoms with Gasteiger partial charge in [-0.3, -0.25) is 4.68 Å². The predicted molar refractivity (Wildman–Crippen MR) is 61.1 cm³/mol. The van der Waals surface area contributed by atoms with Gasteiger partial charge in [-0.2, -0.15) is 5.10 Å². The minimum atomic E-state index is 0.907. The Morgan fingerprint density at radius 3 is 2.44 bits per heavy atom. The van der Waals surface area contributed by atoms with Crippen molar-refractivity contribution in [2.75, 3.05) is 0 Å². The van der Waals surface area contributed by atoms with Gasteiger partial charge in [0.05, 0.1) is 5.69 Å². The van der Waals surface area contributed by atoms with Crippen molar-refractivity contribution in [2.45, 2.75) is 40.3 Å². The smallest absolute Gasteiger partial charge is 0.119 e. The summed E-state index contributed by atoms with van der Waals surface area (Å²) in [5.74, 6) is 0. The second-order valence-corrected chi connectivity index (χ2v) is 3.91. The van der Waals surface area contributed by atoms with E-state index in [0.717, 1.165) is 25.2 Å². The quantitative estimate of drug-likeness (QED) is 0.780. The summed E-state index contributed by atoms with van der Waals surface area (Å²) in [4.78, 5) is 0. The number of hydrogen-bond acceptors (Lipinski definition) is 3. The molecular formula is C11H17N5.